The third-order valence-corrected chi connectivity index (χ3v) is 6.19. The summed E-state index contributed by atoms with van der Waals surface area (Å²) in [6.45, 7) is 3.16. The second-order valence-electron chi connectivity index (χ2n) is 6.76. The lowest BCUT2D eigenvalue weighted by Crippen LogP contribution is -2.45. The van der Waals surface area contributed by atoms with E-state index in [9.17, 15) is 8.42 Å². The molecule has 1 aliphatic rings. The molecule has 0 amide bonds. The van der Waals surface area contributed by atoms with Gasteiger partial charge in [0, 0.05) is 38.8 Å². The van der Waals surface area contributed by atoms with Crippen molar-refractivity contribution in [3.63, 3.8) is 0 Å². The van der Waals surface area contributed by atoms with E-state index in [4.69, 9.17) is 16.3 Å². The monoisotopic (exact) mass is 416 g/mol. The second kappa shape index (κ2) is 10.1. The van der Waals surface area contributed by atoms with Crippen molar-refractivity contribution in [2.45, 2.75) is 12.8 Å². The summed E-state index contributed by atoms with van der Waals surface area (Å²) < 4.78 is 30.4. The predicted molar refractivity (Wildman–Crippen MR) is 110 cm³/mol. The minimum absolute atomic E-state index is 0.441. The predicted octanol–water partition coefficient (Wildman–Crippen LogP) is 1.90. The molecule has 7 nitrogen and oxygen atoms in total. The lowest BCUT2D eigenvalue weighted by atomic mass is 9.98. The first-order chi connectivity index (χ1) is 12.8. The Hall–Kier alpha value is -1.51. The average Bonchev–Trinajstić information content (AvgIpc) is 2.62. The highest BCUT2D eigenvalue weighted by Crippen LogP contribution is 2.18. The minimum atomic E-state index is -3.08. The molecular formula is C18H29ClN4O3S. The van der Waals surface area contributed by atoms with Crippen LogP contribution in [0.4, 0.5) is 0 Å². The molecule has 1 aliphatic heterocycles. The van der Waals surface area contributed by atoms with Crippen molar-refractivity contribution in [3.05, 3.63) is 29.3 Å². The van der Waals surface area contributed by atoms with Crippen molar-refractivity contribution >= 4 is 27.6 Å². The van der Waals surface area contributed by atoms with Crippen molar-refractivity contribution in [1.82, 2.24) is 14.5 Å². The minimum Gasteiger partial charge on any atom is -0.492 e. The first-order valence-electron chi connectivity index (χ1n) is 9.05. The number of likely N-dealkylation sites (N-methyl/N-ethyl adjacent to an activating group) is 1. The summed E-state index contributed by atoms with van der Waals surface area (Å²) in [6.07, 6.45) is 2.99. The van der Waals surface area contributed by atoms with Crippen LogP contribution in [0.1, 0.15) is 12.8 Å². The third kappa shape index (κ3) is 7.20. The molecule has 0 atom stereocenters. The summed E-state index contributed by atoms with van der Waals surface area (Å²) in [7, 11) is 0.638. The van der Waals surface area contributed by atoms with E-state index < -0.39 is 10.0 Å². The molecule has 0 radical (unpaired) electrons. The van der Waals surface area contributed by atoms with Gasteiger partial charge in [0.1, 0.15) is 12.4 Å². The average molecular weight is 417 g/mol. The van der Waals surface area contributed by atoms with Crippen LogP contribution in [0, 0.1) is 5.92 Å². The van der Waals surface area contributed by atoms with Crippen LogP contribution >= 0.6 is 11.6 Å². The van der Waals surface area contributed by atoms with E-state index in [1.165, 1.54) is 6.26 Å². The van der Waals surface area contributed by atoms with Gasteiger partial charge in [-0.05, 0) is 37.0 Å². The standard InChI is InChI=1S/C18H29ClN4O3S/c1-20-18(21-14-15-7-9-23(10-8-15)27(3,24)25)22(2)11-12-26-17-6-4-5-16(19)13-17/h4-6,13,15H,7-12,14H2,1-3H3,(H,20,21). The largest absolute Gasteiger partial charge is 0.492 e. The fourth-order valence-corrected chi connectivity index (χ4v) is 4.08. The van der Waals surface area contributed by atoms with Gasteiger partial charge in [0.05, 0.1) is 12.8 Å². The number of hydrogen-bond acceptors (Lipinski definition) is 4. The number of halogens is 1. The van der Waals surface area contributed by atoms with Crippen LogP contribution < -0.4 is 10.1 Å². The van der Waals surface area contributed by atoms with E-state index in [0.29, 0.717) is 37.2 Å². The van der Waals surface area contributed by atoms with Crippen LogP contribution in [0.2, 0.25) is 5.02 Å². The van der Waals surface area contributed by atoms with E-state index in [-0.39, 0.29) is 0 Å². The molecule has 0 saturated carbocycles. The number of sulfonamides is 1. The van der Waals surface area contributed by atoms with Crippen molar-refractivity contribution in [1.29, 1.82) is 0 Å². The fourth-order valence-electron chi connectivity index (χ4n) is 3.03. The smallest absolute Gasteiger partial charge is 0.211 e. The number of benzene rings is 1. The summed E-state index contributed by atoms with van der Waals surface area (Å²) in [5.74, 6) is 1.99. The Bertz CT molecular complexity index is 734. The van der Waals surface area contributed by atoms with Gasteiger partial charge in [-0.2, -0.15) is 0 Å². The number of nitrogens with one attached hydrogen (secondary N) is 1. The van der Waals surface area contributed by atoms with Crippen molar-refractivity contribution < 1.29 is 13.2 Å². The van der Waals surface area contributed by atoms with Gasteiger partial charge in [0.15, 0.2) is 5.96 Å². The molecule has 2 rings (SSSR count). The number of guanidine groups is 1. The maximum absolute atomic E-state index is 11.6. The molecule has 152 valence electrons. The number of aliphatic imine (C=N–C) groups is 1. The number of piperidine rings is 1. The van der Waals surface area contributed by atoms with Crippen LogP contribution in [0.5, 0.6) is 5.75 Å². The van der Waals surface area contributed by atoms with Gasteiger partial charge in [-0.15, -0.1) is 0 Å². The highest BCUT2D eigenvalue weighted by atomic mass is 35.5. The van der Waals surface area contributed by atoms with E-state index in [2.05, 4.69) is 10.3 Å². The van der Waals surface area contributed by atoms with Gasteiger partial charge >= 0.3 is 0 Å². The number of hydrogen-bond donors (Lipinski definition) is 1. The van der Waals surface area contributed by atoms with Crippen LogP contribution in [0.25, 0.3) is 0 Å². The van der Waals surface area contributed by atoms with Gasteiger partial charge in [-0.1, -0.05) is 17.7 Å². The first-order valence-corrected chi connectivity index (χ1v) is 11.3. The Morgan fingerprint density at radius 1 is 1.41 bits per heavy atom. The molecule has 0 spiro atoms. The summed E-state index contributed by atoms with van der Waals surface area (Å²) >= 11 is 5.95. The van der Waals surface area contributed by atoms with E-state index >= 15 is 0 Å². The molecule has 27 heavy (non-hydrogen) atoms. The van der Waals surface area contributed by atoms with Crippen molar-refractivity contribution in [2.75, 3.05) is 53.1 Å². The number of rotatable bonds is 7. The van der Waals surface area contributed by atoms with Crippen LogP contribution in [0.3, 0.4) is 0 Å². The maximum Gasteiger partial charge on any atom is 0.211 e. The maximum atomic E-state index is 11.6. The topological polar surface area (TPSA) is 74.2 Å². The Morgan fingerprint density at radius 2 is 2.11 bits per heavy atom. The van der Waals surface area contributed by atoms with E-state index in [0.717, 1.165) is 31.1 Å². The van der Waals surface area contributed by atoms with Crippen LogP contribution in [-0.2, 0) is 10.0 Å². The summed E-state index contributed by atoms with van der Waals surface area (Å²) in [5, 5.41) is 4.03. The molecule has 1 aromatic rings. The normalized spacial score (nSPS) is 17.0. The lowest BCUT2D eigenvalue weighted by Gasteiger charge is -2.31. The van der Waals surface area contributed by atoms with Crippen LogP contribution in [-0.4, -0.2) is 76.7 Å². The van der Waals surface area contributed by atoms with Crippen molar-refractivity contribution in [3.8, 4) is 5.75 Å². The van der Waals surface area contributed by atoms with E-state index in [1.54, 1.807) is 17.4 Å². The zero-order valence-electron chi connectivity index (χ0n) is 16.2. The second-order valence-corrected chi connectivity index (χ2v) is 9.18. The molecule has 0 aliphatic carbocycles. The van der Waals surface area contributed by atoms with Gasteiger partial charge in [0.2, 0.25) is 10.0 Å². The fraction of sp³-hybridized carbons (Fsp3) is 0.611. The summed E-state index contributed by atoms with van der Waals surface area (Å²) in [6, 6.07) is 7.34. The van der Waals surface area contributed by atoms with Gasteiger partial charge < -0.3 is 15.0 Å². The number of ether oxygens (including phenoxy) is 1. The molecule has 0 aromatic heterocycles. The van der Waals surface area contributed by atoms with Crippen LogP contribution in [0.15, 0.2) is 29.3 Å². The summed E-state index contributed by atoms with van der Waals surface area (Å²) in [5.41, 5.74) is 0. The Kier molecular flexibility index (Phi) is 8.19. The molecule has 1 N–H and O–H groups in total. The van der Waals surface area contributed by atoms with Gasteiger partial charge in [-0.3, -0.25) is 4.99 Å². The Balaban J connectivity index is 1.71. The highest BCUT2D eigenvalue weighted by Gasteiger charge is 2.25. The Labute approximate surface area is 167 Å². The highest BCUT2D eigenvalue weighted by molar-refractivity contribution is 7.88. The zero-order valence-corrected chi connectivity index (χ0v) is 17.8. The lowest BCUT2D eigenvalue weighted by molar-refractivity contribution is 0.267. The molecule has 1 heterocycles. The summed E-state index contributed by atoms with van der Waals surface area (Å²) in [4.78, 5) is 6.32. The molecule has 1 saturated heterocycles. The zero-order chi connectivity index (χ0) is 19.9. The molecule has 1 aromatic carbocycles. The Morgan fingerprint density at radius 3 is 2.70 bits per heavy atom. The number of nitrogens with zero attached hydrogens (tertiary/aromatic N) is 3. The van der Waals surface area contributed by atoms with E-state index in [1.807, 2.05) is 30.1 Å². The first kappa shape index (κ1) is 21.8. The third-order valence-electron chi connectivity index (χ3n) is 4.66. The van der Waals surface area contributed by atoms with Gasteiger partial charge in [-0.25, -0.2) is 12.7 Å². The SMILES string of the molecule is CN=C(NCC1CCN(S(C)(=O)=O)CC1)N(C)CCOc1cccc(Cl)c1. The van der Waals surface area contributed by atoms with Gasteiger partial charge in [0.25, 0.3) is 0 Å². The molecule has 0 bridgehead atoms. The molecular weight excluding hydrogens is 388 g/mol. The van der Waals surface area contributed by atoms with Crippen molar-refractivity contribution in [2.24, 2.45) is 10.9 Å². The molecule has 9 heteroatoms. The molecule has 1 fully saturated rings. The quantitative estimate of drug-likeness (QED) is 0.542. The molecule has 0 unspecified atom stereocenters.